The van der Waals surface area contributed by atoms with Gasteiger partial charge in [0.05, 0.1) is 6.10 Å². The summed E-state index contributed by atoms with van der Waals surface area (Å²) in [6.45, 7) is 1.08. The van der Waals surface area contributed by atoms with Crippen LogP contribution in [-0.2, 0) is 9.59 Å². The second kappa shape index (κ2) is 6.61. The first kappa shape index (κ1) is 16.7. The van der Waals surface area contributed by atoms with E-state index in [9.17, 15) is 30.0 Å². The van der Waals surface area contributed by atoms with Crippen LogP contribution in [0.1, 0.15) is 6.92 Å². The van der Waals surface area contributed by atoms with E-state index < -0.39 is 48.4 Å². The van der Waals surface area contributed by atoms with Crippen LogP contribution >= 0.6 is 0 Å². The quantitative estimate of drug-likeness (QED) is 0.232. The van der Waals surface area contributed by atoms with E-state index >= 15 is 0 Å². The van der Waals surface area contributed by atoms with E-state index in [2.05, 4.69) is 0 Å². The summed E-state index contributed by atoms with van der Waals surface area (Å²) in [5.41, 5.74) is 0. The fraction of sp³-hybridized carbons (Fsp3) is 0.778. The first-order chi connectivity index (χ1) is 8.11. The van der Waals surface area contributed by atoms with Crippen molar-refractivity contribution >= 4 is 11.9 Å². The van der Waals surface area contributed by atoms with E-state index in [0.717, 1.165) is 6.92 Å². The molecule has 0 aliphatic carbocycles. The van der Waals surface area contributed by atoms with E-state index in [-0.39, 0.29) is 0 Å². The Morgan fingerprint density at radius 1 is 0.722 bits per heavy atom. The zero-order chi connectivity index (χ0) is 14.6. The van der Waals surface area contributed by atoms with Crippen LogP contribution in [-0.4, -0.2) is 78.2 Å². The smallest absolute Gasteiger partial charge is 0.320 e. The third kappa shape index (κ3) is 3.89. The molecule has 0 spiro atoms. The average Bonchev–Trinajstić information content (AvgIpc) is 2.24. The Bertz CT molecular complexity index is 288. The molecule has 9 heteroatoms. The van der Waals surface area contributed by atoms with Crippen LogP contribution in [0.25, 0.3) is 0 Å². The molecule has 0 aromatic rings. The topological polar surface area (TPSA) is 176 Å². The average molecular weight is 268 g/mol. The molecule has 0 bridgehead atoms. The molecular formula is C9H16O9. The molecule has 5 atom stereocenters. The van der Waals surface area contributed by atoms with Gasteiger partial charge in [0.1, 0.15) is 24.4 Å². The van der Waals surface area contributed by atoms with Crippen molar-refractivity contribution in [3.63, 3.8) is 0 Å². The van der Waals surface area contributed by atoms with Gasteiger partial charge in [0.2, 0.25) is 0 Å². The van der Waals surface area contributed by atoms with Gasteiger partial charge in [-0.15, -0.1) is 0 Å². The van der Waals surface area contributed by atoms with Crippen LogP contribution in [0, 0.1) is 5.92 Å². The number of carbonyl (C=O) groups is 2. The summed E-state index contributed by atoms with van der Waals surface area (Å²) in [6.07, 6.45) is -10.0. The minimum atomic E-state index is -2.36. The first-order valence-electron chi connectivity index (χ1n) is 4.97. The first-order valence-corrected chi connectivity index (χ1v) is 4.97. The van der Waals surface area contributed by atoms with Crippen molar-refractivity contribution in [1.82, 2.24) is 0 Å². The molecule has 7 N–H and O–H groups in total. The van der Waals surface area contributed by atoms with Crippen LogP contribution in [0.15, 0.2) is 0 Å². The molecule has 0 heterocycles. The van der Waals surface area contributed by atoms with Gasteiger partial charge in [-0.3, -0.25) is 9.59 Å². The Balaban J connectivity index is 4.91. The number of aliphatic hydroxyl groups excluding tert-OH is 5. The second-order valence-corrected chi connectivity index (χ2v) is 3.86. The van der Waals surface area contributed by atoms with E-state index in [4.69, 9.17) is 15.3 Å². The number of carboxylic acids is 2. The highest BCUT2D eigenvalue weighted by atomic mass is 16.4. The predicted octanol–water partition coefficient (Wildman–Crippen LogP) is -3.40. The fourth-order valence-corrected chi connectivity index (χ4v) is 1.28. The highest BCUT2D eigenvalue weighted by molar-refractivity contribution is 5.93. The largest absolute Gasteiger partial charge is 0.481 e. The lowest BCUT2D eigenvalue weighted by molar-refractivity contribution is -0.173. The summed E-state index contributed by atoms with van der Waals surface area (Å²) >= 11 is 0. The Kier molecular flexibility index (Phi) is 6.15. The Morgan fingerprint density at radius 2 is 1.06 bits per heavy atom. The van der Waals surface area contributed by atoms with Crippen LogP contribution in [0.4, 0.5) is 0 Å². The number of aliphatic carboxylic acids is 2. The number of rotatable bonds is 7. The van der Waals surface area contributed by atoms with Gasteiger partial charge in [0.25, 0.3) is 0 Å². The highest BCUT2D eigenvalue weighted by Crippen LogP contribution is 2.15. The molecule has 0 rings (SSSR count). The third-order valence-electron chi connectivity index (χ3n) is 2.42. The lowest BCUT2D eigenvalue weighted by atomic mass is 9.91. The standard InChI is InChI=1S/C9H16O9/c1-2(10)4(11)6(13)7(14)5(12)3(8(15)16)9(17)18/h2-7,10-14H,1H3,(H,15,16)(H,17,18). The van der Waals surface area contributed by atoms with Gasteiger partial charge < -0.3 is 35.7 Å². The van der Waals surface area contributed by atoms with Crippen molar-refractivity contribution in [2.24, 2.45) is 5.92 Å². The summed E-state index contributed by atoms with van der Waals surface area (Å²) in [6, 6.07) is 0. The van der Waals surface area contributed by atoms with Crippen molar-refractivity contribution in [1.29, 1.82) is 0 Å². The molecule has 5 unspecified atom stereocenters. The molecule has 0 saturated carbocycles. The monoisotopic (exact) mass is 268 g/mol. The summed E-state index contributed by atoms with van der Waals surface area (Å²) in [5, 5.41) is 63.3. The van der Waals surface area contributed by atoms with Crippen LogP contribution in [0.3, 0.4) is 0 Å². The maximum Gasteiger partial charge on any atom is 0.320 e. The molecule has 0 aromatic carbocycles. The Labute approximate surface area is 102 Å². The third-order valence-corrected chi connectivity index (χ3v) is 2.42. The van der Waals surface area contributed by atoms with E-state index in [1.54, 1.807) is 0 Å². The maximum atomic E-state index is 10.6. The summed E-state index contributed by atoms with van der Waals surface area (Å²) in [5.74, 6) is -6.18. The molecule has 18 heavy (non-hydrogen) atoms. The molecule has 0 saturated heterocycles. The molecule has 0 radical (unpaired) electrons. The van der Waals surface area contributed by atoms with Crippen LogP contribution in [0.2, 0.25) is 0 Å². The summed E-state index contributed by atoms with van der Waals surface area (Å²) in [7, 11) is 0. The van der Waals surface area contributed by atoms with Gasteiger partial charge in [-0.25, -0.2) is 0 Å². The van der Waals surface area contributed by atoms with Crippen molar-refractivity contribution in [3.8, 4) is 0 Å². The van der Waals surface area contributed by atoms with Gasteiger partial charge in [0, 0.05) is 0 Å². The normalized spacial score (nSPS) is 19.9. The molecular weight excluding hydrogens is 252 g/mol. The second-order valence-electron chi connectivity index (χ2n) is 3.86. The van der Waals surface area contributed by atoms with Crippen molar-refractivity contribution in [2.75, 3.05) is 0 Å². The SMILES string of the molecule is CC(O)C(O)C(O)C(O)C(O)C(C(=O)O)C(=O)O. The summed E-state index contributed by atoms with van der Waals surface area (Å²) in [4.78, 5) is 21.1. The molecule has 0 fully saturated rings. The molecule has 0 aliphatic heterocycles. The van der Waals surface area contributed by atoms with E-state index in [1.165, 1.54) is 0 Å². The lowest BCUT2D eigenvalue weighted by Crippen LogP contribution is -2.53. The van der Waals surface area contributed by atoms with Gasteiger partial charge in [-0.05, 0) is 6.92 Å². The Hall–Kier alpha value is -1.26. The van der Waals surface area contributed by atoms with Gasteiger partial charge in [0.15, 0.2) is 5.92 Å². The van der Waals surface area contributed by atoms with Crippen molar-refractivity contribution in [3.05, 3.63) is 0 Å². The Morgan fingerprint density at radius 3 is 1.33 bits per heavy atom. The van der Waals surface area contributed by atoms with Crippen LogP contribution in [0.5, 0.6) is 0 Å². The van der Waals surface area contributed by atoms with Gasteiger partial charge >= 0.3 is 11.9 Å². The number of hydrogen-bond acceptors (Lipinski definition) is 7. The molecule has 9 nitrogen and oxygen atoms in total. The van der Waals surface area contributed by atoms with E-state index in [0.29, 0.717) is 0 Å². The van der Waals surface area contributed by atoms with E-state index in [1.807, 2.05) is 0 Å². The highest BCUT2D eigenvalue weighted by Gasteiger charge is 2.42. The molecule has 0 amide bonds. The fourth-order valence-electron chi connectivity index (χ4n) is 1.28. The summed E-state index contributed by atoms with van der Waals surface area (Å²) < 4.78 is 0. The zero-order valence-corrected chi connectivity index (χ0v) is 9.41. The van der Waals surface area contributed by atoms with Gasteiger partial charge in [-0.2, -0.15) is 0 Å². The van der Waals surface area contributed by atoms with Crippen molar-refractivity contribution < 1.29 is 45.3 Å². The maximum absolute atomic E-state index is 10.6. The molecule has 106 valence electrons. The number of carboxylic acid groups (broad SMARTS) is 2. The molecule has 0 aliphatic rings. The molecule has 0 aromatic heterocycles. The lowest BCUT2D eigenvalue weighted by Gasteiger charge is -2.29. The van der Waals surface area contributed by atoms with Gasteiger partial charge in [-0.1, -0.05) is 0 Å². The van der Waals surface area contributed by atoms with Crippen molar-refractivity contribution in [2.45, 2.75) is 37.4 Å². The van der Waals surface area contributed by atoms with Crippen LogP contribution < -0.4 is 0 Å². The predicted molar refractivity (Wildman–Crippen MR) is 54.5 cm³/mol. The number of aliphatic hydroxyl groups is 5. The zero-order valence-electron chi connectivity index (χ0n) is 9.41. The minimum Gasteiger partial charge on any atom is -0.481 e. The minimum absolute atomic E-state index is 1.08. The number of hydrogen-bond donors (Lipinski definition) is 7.